The first-order valence-corrected chi connectivity index (χ1v) is 10.2. The van der Waals surface area contributed by atoms with Crippen molar-refractivity contribution in [1.29, 1.82) is 0 Å². The van der Waals surface area contributed by atoms with E-state index in [0.29, 0.717) is 12.1 Å². The summed E-state index contributed by atoms with van der Waals surface area (Å²) in [7, 11) is 0. The quantitative estimate of drug-likeness (QED) is 0.602. The van der Waals surface area contributed by atoms with E-state index in [4.69, 9.17) is 4.99 Å². The molecule has 0 saturated carbocycles. The Hall–Kier alpha value is -1.55. The zero-order valence-corrected chi connectivity index (χ0v) is 17.6. The molecule has 4 nitrogen and oxygen atoms in total. The monoisotopic (exact) mass is 358 g/mol. The molecule has 1 saturated heterocycles. The number of guanidine groups is 1. The summed E-state index contributed by atoms with van der Waals surface area (Å²) < 4.78 is 0. The summed E-state index contributed by atoms with van der Waals surface area (Å²) in [6, 6.07) is 9.94. The maximum atomic E-state index is 4.92. The van der Waals surface area contributed by atoms with E-state index in [1.54, 1.807) is 0 Å². The topological polar surface area (TPSA) is 39.7 Å². The fourth-order valence-corrected chi connectivity index (χ4v) is 3.51. The van der Waals surface area contributed by atoms with Crippen molar-refractivity contribution < 1.29 is 0 Å². The predicted octanol–water partition coefficient (Wildman–Crippen LogP) is 3.70. The van der Waals surface area contributed by atoms with Crippen molar-refractivity contribution in [3.8, 4) is 0 Å². The highest BCUT2D eigenvalue weighted by Gasteiger charge is 2.23. The average Bonchev–Trinajstić information content (AvgIpc) is 2.60. The van der Waals surface area contributed by atoms with Crippen LogP contribution >= 0.6 is 0 Å². The van der Waals surface area contributed by atoms with Crippen molar-refractivity contribution in [2.45, 2.75) is 71.9 Å². The summed E-state index contributed by atoms with van der Waals surface area (Å²) in [6.07, 6.45) is 2.37. The predicted molar refractivity (Wildman–Crippen MR) is 113 cm³/mol. The number of nitrogens with one attached hydrogen (secondary N) is 2. The summed E-state index contributed by atoms with van der Waals surface area (Å²) in [5, 5.41) is 7.09. The van der Waals surface area contributed by atoms with Gasteiger partial charge >= 0.3 is 0 Å². The molecule has 2 N–H and O–H groups in total. The average molecular weight is 359 g/mol. The molecule has 0 aromatic heterocycles. The number of likely N-dealkylation sites (tertiary alicyclic amines) is 1. The minimum atomic E-state index is 0.0232. The Bertz CT molecular complexity index is 584. The third kappa shape index (κ3) is 6.01. The zero-order valence-electron chi connectivity index (χ0n) is 17.6. The summed E-state index contributed by atoms with van der Waals surface area (Å²) in [6.45, 7) is 17.4. The number of rotatable bonds is 6. The third-order valence-corrected chi connectivity index (χ3v) is 5.38. The van der Waals surface area contributed by atoms with Crippen LogP contribution in [0.1, 0.15) is 58.6 Å². The highest BCUT2D eigenvalue weighted by molar-refractivity contribution is 5.80. The number of hydrogen-bond donors (Lipinski definition) is 2. The summed E-state index contributed by atoms with van der Waals surface area (Å²) >= 11 is 0. The van der Waals surface area contributed by atoms with Crippen molar-refractivity contribution in [2.75, 3.05) is 26.2 Å². The normalized spacial score (nSPS) is 17.6. The van der Waals surface area contributed by atoms with Gasteiger partial charge in [-0.05, 0) is 46.1 Å². The number of aliphatic imine (C=N–C) groups is 1. The standard InChI is InChI=1S/C22H38N4/c1-7-23-21(25-20-11-13-26(14-12-20)17(2)3)24-16-22(5,6)19-10-8-9-18(4)15-19/h8-10,15,17,20H,7,11-14,16H2,1-6H3,(H2,23,24,25). The van der Waals surface area contributed by atoms with Crippen LogP contribution in [0.15, 0.2) is 29.3 Å². The van der Waals surface area contributed by atoms with E-state index in [1.807, 2.05) is 0 Å². The molecule has 0 atom stereocenters. The van der Waals surface area contributed by atoms with Crippen molar-refractivity contribution in [2.24, 2.45) is 4.99 Å². The van der Waals surface area contributed by atoms with E-state index < -0.39 is 0 Å². The molecule has 1 aromatic rings. The zero-order chi connectivity index (χ0) is 19.2. The summed E-state index contributed by atoms with van der Waals surface area (Å²) in [5.74, 6) is 0.955. The van der Waals surface area contributed by atoms with Gasteiger partial charge in [-0.15, -0.1) is 0 Å². The minimum absolute atomic E-state index is 0.0232. The van der Waals surface area contributed by atoms with Crippen LogP contribution in [-0.4, -0.2) is 49.1 Å². The van der Waals surface area contributed by atoms with Crippen LogP contribution in [0.5, 0.6) is 0 Å². The minimum Gasteiger partial charge on any atom is -0.357 e. The van der Waals surface area contributed by atoms with E-state index in [-0.39, 0.29) is 5.41 Å². The molecule has 1 aromatic carbocycles. The Kier molecular flexibility index (Phi) is 7.51. The van der Waals surface area contributed by atoms with Gasteiger partial charge in [0, 0.05) is 37.1 Å². The fraction of sp³-hybridized carbons (Fsp3) is 0.682. The first-order valence-electron chi connectivity index (χ1n) is 10.2. The lowest BCUT2D eigenvalue weighted by Gasteiger charge is -2.35. The van der Waals surface area contributed by atoms with Gasteiger partial charge in [0.2, 0.25) is 0 Å². The van der Waals surface area contributed by atoms with Gasteiger partial charge in [-0.3, -0.25) is 4.99 Å². The molecule has 1 fully saturated rings. The van der Waals surface area contributed by atoms with E-state index in [1.165, 1.54) is 37.1 Å². The molecule has 146 valence electrons. The molecule has 0 unspecified atom stereocenters. The van der Waals surface area contributed by atoms with E-state index in [0.717, 1.165) is 19.0 Å². The first-order chi connectivity index (χ1) is 12.3. The highest BCUT2D eigenvalue weighted by atomic mass is 15.2. The van der Waals surface area contributed by atoms with Crippen LogP contribution in [0.2, 0.25) is 0 Å². The van der Waals surface area contributed by atoms with Gasteiger partial charge in [0.25, 0.3) is 0 Å². The lowest BCUT2D eigenvalue weighted by atomic mass is 9.84. The van der Waals surface area contributed by atoms with E-state index in [9.17, 15) is 0 Å². The van der Waals surface area contributed by atoms with Gasteiger partial charge in [0.15, 0.2) is 5.96 Å². The molecular weight excluding hydrogens is 320 g/mol. The van der Waals surface area contributed by atoms with E-state index in [2.05, 4.69) is 81.3 Å². The number of benzene rings is 1. The molecule has 26 heavy (non-hydrogen) atoms. The van der Waals surface area contributed by atoms with Gasteiger partial charge < -0.3 is 15.5 Å². The Labute approximate surface area is 160 Å². The van der Waals surface area contributed by atoms with Gasteiger partial charge in [-0.25, -0.2) is 0 Å². The van der Waals surface area contributed by atoms with Crippen molar-refractivity contribution in [3.63, 3.8) is 0 Å². The van der Waals surface area contributed by atoms with Gasteiger partial charge in [0.1, 0.15) is 0 Å². The molecule has 2 rings (SSSR count). The number of aryl methyl sites for hydroxylation is 1. The van der Waals surface area contributed by atoms with Crippen LogP contribution in [0.25, 0.3) is 0 Å². The SMILES string of the molecule is CCNC(=NCC(C)(C)c1cccc(C)c1)NC1CCN(C(C)C)CC1. The third-order valence-electron chi connectivity index (χ3n) is 5.38. The van der Waals surface area contributed by atoms with Gasteiger partial charge in [-0.2, -0.15) is 0 Å². The largest absolute Gasteiger partial charge is 0.357 e. The molecular formula is C22H38N4. The number of hydrogen-bond acceptors (Lipinski definition) is 2. The number of piperidine rings is 1. The summed E-state index contributed by atoms with van der Waals surface area (Å²) in [4.78, 5) is 7.48. The van der Waals surface area contributed by atoms with Crippen molar-refractivity contribution >= 4 is 5.96 Å². The van der Waals surface area contributed by atoms with Crippen molar-refractivity contribution in [3.05, 3.63) is 35.4 Å². The van der Waals surface area contributed by atoms with Crippen LogP contribution in [0.4, 0.5) is 0 Å². The van der Waals surface area contributed by atoms with E-state index >= 15 is 0 Å². The second kappa shape index (κ2) is 9.40. The molecule has 1 aliphatic heterocycles. The van der Waals surface area contributed by atoms with Gasteiger partial charge in [-0.1, -0.05) is 43.7 Å². The van der Waals surface area contributed by atoms with Crippen LogP contribution in [0.3, 0.4) is 0 Å². The molecule has 0 radical (unpaired) electrons. The Morgan fingerprint density at radius 1 is 1.27 bits per heavy atom. The Balaban J connectivity index is 1.98. The number of nitrogens with zero attached hydrogens (tertiary/aromatic N) is 2. The molecule has 1 heterocycles. The highest BCUT2D eigenvalue weighted by Crippen LogP contribution is 2.24. The maximum absolute atomic E-state index is 4.92. The molecule has 0 bridgehead atoms. The second-order valence-corrected chi connectivity index (χ2v) is 8.50. The van der Waals surface area contributed by atoms with Crippen LogP contribution in [0, 0.1) is 6.92 Å². The molecule has 0 aliphatic carbocycles. The fourth-order valence-electron chi connectivity index (χ4n) is 3.51. The Morgan fingerprint density at radius 3 is 2.54 bits per heavy atom. The van der Waals surface area contributed by atoms with Gasteiger partial charge in [0.05, 0.1) is 6.54 Å². The smallest absolute Gasteiger partial charge is 0.191 e. The summed E-state index contributed by atoms with van der Waals surface area (Å²) in [5.41, 5.74) is 2.68. The first kappa shape index (κ1) is 20.8. The molecule has 0 amide bonds. The molecule has 0 spiro atoms. The van der Waals surface area contributed by atoms with Crippen molar-refractivity contribution in [1.82, 2.24) is 15.5 Å². The lowest BCUT2D eigenvalue weighted by molar-refractivity contribution is 0.167. The second-order valence-electron chi connectivity index (χ2n) is 8.50. The van der Waals surface area contributed by atoms with Crippen LogP contribution < -0.4 is 10.6 Å². The lowest BCUT2D eigenvalue weighted by Crippen LogP contribution is -2.50. The molecule has 4 heteroatoms. The van der Waals surface area contributed by atoms with Crippen LogP contribution in [-0.2, 0) is 5.41 Å². The molecule has 1 aliphatic rings. The maximum Gasteiger partial charge on any atom is 0.191 e. The Morgan fingerprint density at radius 2 is 1.96 bits per heavy atom.